The van der Waals surface area contributed by atoms with E-state index in [4.69, 9.17) is 4.42 Å². The van der Waals surface area contributed by atoms with Gasteiger partial charge in [0, 0.05) is 33.0 Å². The highest BCUT2D eigenvalue weighted by Crippen LogP contribution is 2.57. The van der Waals surface area contributed by atoms with Gasteiger partial charge in [-0.15, -0.1) is 0 Å². The van der Waals surface area contributed by atoms with Gasteiger partial charge in [-0.05, 0) is 129 Å². The molecule has 0 spiro atoms. The van der Waals surface area contributed by atoms with Gasteiger partial charge in [0.15, 0.2) is 5.58 Å². The number of benzene rings is 7. The standard InChI is InChI=1S/C48H39NO/c1-28-22-29(2)24-32(23-28)49(43-16-11-14-37-35-13-8-10-17-44(35)50-46(37)43)31-19-21-33-30(25-31)18-20-36-39-27-41-38(26-42(39)48(5,6)45(33)36)34-12-7-9-15-40(34)47(41,3)4/h7-27H,1-6H3. The van der Waals surface area contributed by atoms with Crippen LogP contribution in [-0.2, 0) is 10.8 Å². The van der Waals surface area contributed by atoms with Crippen LogP contribution >= 0.6 is 0 Å². The van der Waals surface area contributed by atoms with Crippen LogP contribution in [0.2, 0.25) is 0 Å². The molecule has 50 heavy (non-hydrogen) atoms. The minimum atomic E-state index is -0.143. The lowest BCUT2D eigenvalue weighted by atomic mass is 9.78. The van der Waals surface area contributed by atoms with Crippen LogP contribution in [0.3, 0.4) is 0 Å². The van der Waals surface area contributed by atoms with Gasteiger partial charge in [-0.2, -0.15) is 0 Å². The van der Waals surface area contributed by atoms with Crippen molar-refractivity contribution in [1.82, 2.24) is 0 Å². The molecule has 2 nitrogen and oxygen atoms in total. The third kappa shape index (κ3) is 3.91. The van der Waals surface area contributed by atoms with Gasteiger partial charge in [0.2, 0.25) is 0 Å². The van der Waals surface area contributed by atoms with E-state index in [1.54, 1.807) is 0 Å². The van der Waals surface area contributed by atoms with Gasteiger partial charge in [-0.25, -0.2) is 0 Å². The summed E-state index contributed by atoms with van der Waals surface area (Å²) in [5.41, 5.74) is 18.6. The van der Waals surface area contributed by atoms with Crippen molar-refractivity contribution < 1.29 is 4.42 Å². The van der Waals surface area contributed by atoms with Crippen molar-refractivity contribution in [2.24, 2.45) is 0 Å². The van der Waals surface area contributed by atoms with Gasteiger partial charge in [0.1, 0.15) is 5.58 Å². The van der Waals surface area contributed by atoms with E-state index in [0.29, 0.717) is 0 Å². The molecule has 0 N–H and O–H groups in total. The fourth-order valence-corrected chi connectivity index (χ4v) is 9.39. The minimum Gasteiger partial charge on any atom is -0.454 e. The number of hydrogen-bond acceptors (Lipinski definition) is 2. The predicted octanol–water partition coefficient (Wildman–Crippen LogP) is 13.4. The van der Waals surface area contributed by atoms with Crippen LogP contribution in [0.4, 0.5) is 17.1 Å². The first kappa shape index (κ1) is 29.3. The summed E-state index contributed by atoms with van der Waals surface area (Å²) < 4.78 is 6.61. The molecular formula is C48H39NO. The Kier molecular flexibility index (Phi) is 5.86. The van der Waals surface area contributed by atoms with Crippen molar-refractivity contribution >= 4 is 49.8 Å². The molecule has 0 saturated heterocycles. The topological polar surface area (TPSA) is 16.4 Å². The zero-order valence-corrected chi connectivity index (χ0v) is 29.5. The SMILES string of the molecule is Cc1cc(C)cc(N(c2ccc3c4c(ccc3c2)-c2cc3c(cc2C4(C)C)-c2ccccc2C3(C)C)c2cccc3c2oc2ccccc23)c1. The van der Waals surface area contributed by atoms with Crippen LogP contribution in [0, 0.1) is 13.8 Å². The minimum absolute atomic E-state index is 0.0279. The lowest BCUT2D eigenvalue weighted by Gasteiger charge is -2.28. The Labute approximate surface area is 293 Å². The molecule has 1 heterocycles. The molecular weight excluding hydrogens is 607 g/mol. The summed E-state index contributed by atoms with van der Waals surface area (Å²) in [4.78, 5) is 2.38. The molecule has 0 unspecified atom stereocenters. The summed E-state index contributed by atoms with van der Waals surface area (Å²) in [6.07, 6.45) is 0. The summed E-state index contributed by atoms with van der Waals surface area (Å²) in [5.74, 6) is 0. The second-order valence-electron chi connectivity index (χ2n) is 15.6. The zero-order chi connectivity index (χ0) is 34.1. The van der Waals surface area contributed by atoms with E-state index in [0.717, 1.165) is 39.0 Å². The Hall–Kier alpha value is -5.60. The normalized spacial score (nSPS) is 14.9. The summed E-state index contributed by atoms with van der Waals surface area (Å²) in [5, 5.41) is 4.82. The number of anilines is 3. The molecule has 0 atom stereocenters. The van der Waals surface area contributed by atoms with Gasteiger partial charge in [0.05, 0.1) is 5.69 Å². The molecule has 0 amide bonds. The lowest BCUT2D eigenvalue weighted by molar-refractivity contribution is 0.654. The third-order valence-corrected chi connectivity index (χ3v) is 11.7. The van der Waals surface area contributed by atoms with Crippen LogP contribution in [0.1, 0.15) is 61.1 Å². The maximum absolute atomic E-state index is 6.61. The maximum atomic E-state index is 6.61. The molecule has 2 aliphatic rings. The van der Waals surface area contributed by atoms with Crippen LogP contribution in [-0.4, -0.2) is 0 Å². The molecule has 2 aliphatic carbocycles. The van der Waals surface area contributed by atoms with E-state index in [-0.39, 0.29) is 10.8 Å². The van der Waals surface area contributed by atoms with Crippen molar-refractivity contribution in [3.05, 3.63) is 161 Å². The van der Waals surface area contributed by atoms with Crippen molar-refractivity contribution in [1.29, 1.82) is 0 Å². The Balaban J connectivity index is 1.17. The first-order valence-electron chi connectivity index (χ1n) is 17.8. The monoisotopic (exact) mass is 645 g/mol. The fourth-order valence-electron chi connectivity index (χ4n) is 9.39. The Morgan fingerprint density at radius 2 is 1.18 bits per heavy atom. The molecule has 242 valence electrons. The van der Waals surface area contributed by atoms with E-state index in [2.05, 4.69) is 168 Å². The highest BCUT2D eigenvalue weighted by molar-refractivity contribution is 6.10. The van der Waals surface area contributed by atoms with Gasteiger partial charge >= 0.3 is 0 Å². The van der Waals surface area contributed by atoms with Crippen LogP contribution < -0.4 is 4.90 Å². The molecule has 0 saturated carbocycles. The lowest BCUT2D eigenvalue weighted by Crippen LogP contribution is -2.17. The van der Waals surface area contributed by atoms with Crippen molar-refractivity contribution in [3.8, 4) is 22.3 Å². The van der Waals surface area contributed by atoms with Crippen molar-refractivity contribution in [3.63, 3.8) is 0 Å². The van der Waals surface area contributed by atoms with E-state index >= 15 is 0 Å². The number of furan rings is 1. The molecule has 1 aromatic heterocycles. The largest absolute Gasteiger partial charge is 0.454 e. The van der Waals surface area contributed by atoms with Gasteiger partial charge in [-0.3, -0.25) is 0 Å². The second-order valence-corrected chi connectivity index (χ2v) is 15.6. The van der Waals surface area contributed by atoms with Gasteiger partial charge < -0.3 is 9.32 Å². The molecule has 10 rings (SSSR count). The number of aryl methyl sites for hydroxylation is 2. The number of hydrogen-bond donors (Lipinski definition) is 0. The Morgan fingerprint density at radius 3 is 2.00 bits per heavy atom. The number of para-hydroxylation sites is 2. The first-order chi connectivity index (χ1) is 24.1. The molecule has 0 radical (unpaired) electrons. The number of fused-ring (bicyclic) bond motifs is 11. The Bertz CT molecular complexity index is 2720. The smallest absolute Gasteiger partial charge is 0.159 e. The molecule has 0 aliphatic heterocycles. The van der Waals surface area contributed by atoms with Crippen molar-refractivity contribution in [2.45, 2.75) is 52.4 Å². The quantitative estimate of drug-likeness (QED) is 0.190. The van der Waals surface area contributed by atoms with Crippen LogP contribution in [0.5, 0.6) is 0 Å². The highest BCUT2D eigenvalue weighted by atomic mass is 16.3. The third-order valence-electron chi connectivity index (χ3n) is 11.7. The average Bonchev–Trinajstić information content (AvgIpc) is 3.67. The molecule has 7 aromatic carbocycles. The van der Waals surface area contributed by atoms with Crippen LogP contribution in [0.25, 0.3) is 55.0 Å². The first-order valence-corrected chi connectivity index (χ1v) is 17.8. The van der Waals surface area contributed by atoms with E-state index in [9.17, 15) is 0 Å². The summed E-state index contributed by atoms with van der Waals surface area (Å²) in [7, 11) is 0. The fraction of sp³-hybridized carbons (Fsp3) is 0.167. The summed E-state index contributed by atoms with van der Waals surface area (Å²) in [6, 6.07) is 47.4. The molecule has 2 heteroatoms. The van der Waals surface area contributed by atoms with E-state index < -0.39 is 0 Å². The number of rotatable bonds is 3. The molecule has 0 bridgehead atoms. The summed E-state index contributed by atoms with van der Waals surface area (Å²) >= 11 is 0. The van der Waals surface area contributed by atoms with Crippen LogP contribution in [0.15, 0.2) is 132 Å². The van der Waals surface area contributed by atoms with E-state index in [1.165, 1.54) is 66.4 Å². The predicted molar refractivity (Wildman–Crippen MR) is 211 cm³/mol. The zero-order valence-electron chi connectivity index (χ0n) is 29.5. The average molecular weight is 646 g/mol. The Morgan fingerprint density at radius 1 is 0.480 bits per heavy atom. The molecule has 8 aromatic rings. The number of nitrogens with zero attached hydrogens (tertiary/aromatic N) is 1. The molecule has 0 fully saturated rings. The summed E-state index contributed by atoms with van der Waals surface area (Å²) in [6.45, 7) is 13.9. The highest BCUT2D eigenvalue weighted by Gasteiger charge is 2.42. The van der Waals surface area contributed by atoms with Gasteiger partial charge in [0.25, 0.3) is 0 Å². The second kappa shape index (κ2) is 9.98. The maximum Gasteiger partial charge on any atom is 0.159 e. The van der Waals surface area contributed by atoms with E-state index in [1.807, 2.05) is 6.07 Å². The van der Waals surface area contributed by atoms with Gasteiger partial charge in [-0.1, -0.05) is 107 Å². The van der Waals surface area contributed by atoms with Crippen molar-refractivity contribution in [2.75, 3.05) is 4.90 Å².